The lowest BCUT2D eigenvalue weighted by molar-refractivity contribution is -0.122. The fourth-order valence-electron chi connectivity index (χ4n) is 3.23. The molecular formula is C21H27N5O3. The van der Waals surface area contributed by atoms with E-state index in [1.807, 2.05) is 52.0 Å². The van der Waals surface area contributed by atoms with Crippen LogP contribution in [0.4, 0.5) is 0 Å². The summed E-state index contributed by atoms with van der Waals surface area (Å²) in [5.74, 6) is 1.51. The molecule has 3 aromatic rings. The lowest BCUT2D eigenvalue weighted by Crippen LogP contribution is -2.31. The van der Waals surface area contributed by atoms with Crippen LogP contribution in [0.15, 0.2) is 41.5 Å². The van der Waals surface area contributed by atoms with E-state index in [0.717, 1.165) is 11.4 Å². The summed E-state index contributed by atoms with van der Waals surface area (Å²) in [4.78, 5) is 24.8. The minimum absolute atomic E-state index is 0.0131. The number of carbonyl (C=O) groups excluding carboxylic acids is 1. The van der Waals surface area contributed by atoms with Crippen molar-refractivity contribution < 1.29 is 9.53 Å². The highest BCUT2D eigenvalue weighted by Crippen LogP contribution is 2.15. The van der Waals surface area contributed by atoms with Crippen LogP contribution >= 0.6 is 0 Å². The second-order valence-electron chi connectivity index (χ2n) is 7.45. The van der Waals surface area contributed by atoms with Gasteiger partial charge >= 0.3 is 5.56 Å². The predicted molar refractivity (Wildman–Crippen MR) is 111 cm³/mol. The molecule has 0 fully saturated rings. The molecule has 0 bridgehead atoms. The molecule has 0 radical (unpaired) electrons. The van der Waals surface area contributed by atoms with Gasteiger partial charge in [-0.1, -0.05) is 6.92 Å². The molecule has 0 aliphatic carbocycles. The summed E-state index contributed by atoms with van der Waals surface area (Å²) in [6.45, 7) is 8.37. The van der Waals surface area contributed by atoms with E-state index in [9.17, 15) is 9.59 Å². The molecule has 154 valence electrons. The molecule has 0 spiro atoms. The normalized spacial score (nSPS) is 12.3. The zero-order valence-electron chi connectivity index (χ0n) is 17.3. The Hall–Kier alpha value is -3.16. The first-order chi connectivity index (χ1) is 13.9. The Bertz CT molecular complexity index is 1040. The fraction of sp³-hybridized carbons (Fsp3) is 0.429. The lowest BCUT2D eigenvalue weighted by Gasteiger charge is -2.13. The summed E-state index contributed by atoms with van der Waals surface area (Å²) in [6, 6.07) is 7.43. The van der Waals surface area contributed by atoms with Crippen LogP contribution in [0.1, 0.15) is 39.9 Å². The van der Waals surface area contributed by atoms with Gasteiger partial charge in [-0.2, -0.15) is 0 Å². The van der Waals surface area contributed by atoms with Crippen molar-refractivity contribution in [2.45, 2.75) is 46.6 Å². The van der Waals surface area contributed by atoms with Crippen LogP contribution < -0.4 is 15.6 Å². The summed E-state index contributed by atoms with van der Waals surface area (Å²) in [5, 5.41) is 11.2. The Morgan fingerprint density at radius 2 is 1.86 bits per heavy atom. The number of hydrogen-bond acceptors (Lipinski definition) is 5. The molecule has 0 saturated carbocycles. The molecule has 0 saturated heterocycles. The molecule has 8 heteroatoms. The van der Waals surface area contributed by atoms with Gasteiger partial charge in [0.15, 0.2) is 0 Å². The van der Waals surface area contributed by atoms with Crippen molar-refractivity contribution in [2.24, 2.45) is 5.92 Å². The molecule has 0 aliphatic heterocycles. The van der Waals surface area contributed by atoms with E-state index in [1.54, 1.807) is 16.8 Å². The van der Waals surface area contributed by atoms with E-state index >= 15 is 0 Å². The first-order valence-corrected chi connectivity index (χ1v) is 9.87. The van der Waals surface area contributed by atoms with E-state index in [2.05, 4.69) is 15.5 Å². The van der Waals surface area contributed by atoms with Crippen LogP contribution in [0.2, 0.25) is 0 Å². The van der Waals surface area contributed by atoms with Crippen LogP contribution in [0.3, 0.4) is 0 Å². The minimum atomic E-state index is -0.249. The Balaban J connectivity index is 1.80. The highest BCUT2D eigenvalue weighted by atomic mass is 16.5. The van der Waals surface area contributed by atoms with Gasteiger partial charge in [0.2, 0.25) is 11.6 Å². The number of ether oxygens (including phenoxy) is 1. The van der Waals surface area contributed by atoms with Crippen molar-refractivity contribution in [1.82, 2.24) is 24.5 Å². The van der Waals surface area contributed by atoms with Gasteiger partial charge in [-0.25, -0.2) is 0 Å². The van der Waals surface area contributed by atoms with Gasteiger partial charge in [-0.05, 0) is 51.0 Å². The standard InChI is InChI=1S/C21H27N5O3/c1-5-29-17-8-6-16(7-9-17)25-10-11-26-18(23-24-20(26)21(25)28)12-15(4)13-19(27)22-14(2)3/h6-11,14-15H,5,12-13H2,1-4H3,(H,22,27)/t15-/m1/s1. The maximum Gasteiger partial charge on any atom is 0.300 e. The quantitative estimate of drug-likeness (QED) is 0.630. The lowest BCUT2D eigenvalue weighted by atomic mass is 10.0. The second-order valence-corrected chi connectivity index (χ2v) is 7.45. The average molecular weight is 397 g/mol. The van der Waals surface area contributed by atoms with Crippen molar-refractivity contribution in [3.63, 3.8) is 0 Å². The van der Waals surface area contributed by atoms with Crippen LogP contribution in [-0.4, -0.2) is 37.7 Å². The number of carbonyl (C=O) groups is 1. The summed E-state index contributed by atoms with van der Waals surface area (Å²) >= 11 is 0. The highest BCUT2D eigenvalue weighted by molar-refractivity contribution is 5.76. The molecule has 3 rings (SSSR count). The highest BCUT2D eigenvalue weighted by Gasteiger charge is 2.16. The van der Waals surface area contributed by atoms with Crippen LogP contribution in [0.25, 0.3) is 11.3 Å². The van der Waals surface area contributed by atoms with Crippen LogP contribution in [0, 0.1) is 5.92 Å². The van der Waals surface area contributed by atoms with E-state index < -0.39 is 0 Å². The number of benzene rings is 1. The maximum absolute atomic E-state index is 12.9. The molecule has 0 unspecified atom stereocenters. The number of nitrogens with zero attached hydrogens (tertiary/aromatic N) is 4. The fourth-order valence-corrected chi connectivity index (χ4v) is 3.23. The zero-order valence-corrected chi connectivity index (χ0v) is 17.3. The first-order valence-electron chi connectivity index (χ1n) is 9.87. The third-order valence-electron chi connectivity index (χ3n) is 4.48. The van der Waals surface area contributed by atoms with Gasteiger partial charge in [-0.15, -0.1) is 10.2 Å². The SMILES string of the molecule is CCOc1ccc(-n2ccn3c(C[C@@H](C)CC(=O)NC(C)C)nnc3c2=O)cc1. The maximum atomic E-state index is 12.9. The minimum Gasteiger partial charge on any atom is -0.494 e. The second kappa shape index (κ2) is 8.89. The number of rotatable bonds is 8. The Morgan fingerprint density at radius 1 is 1.14 bits per heavy atom. The topological polar surface area (TPSA) is 90.5 Å². The van der Waals surface area contributed by atoms with Crippen LogP contribution in [0.5, 0.6) is 5.75 Å². The van der Waals surface area contributed by atoms with Crippen molar-refractivity contribution in [3.8, 4) is 11.4 Å². The number of amides is 1. The van der Waals surface area contributed by atoms with E-state index in [-0.39, 0.29) is 29.1 Å². The van der Waals surface area contributed by atoms with E-state index in [0.29, 0.717) is 25.3 Å². The predicted octanol–water partition coefficient (Wildman–Crippen LogP) is 2.37. The smallest absolute Gasteiger partial charge is 0.300 e. The van der Waals surface area contributed by atoms with Crippen LogP contribution in [-0.2, 0) is 11.2 Å². The molecule has 1 N–H and O–H groups in total. The van der Waals surface area contributed by atoms with Gasteiger partial charge in [0.25, 0.3) is 0 Å². The molecule has 1 aromatic carbocycles. The Labute approximate surface area is 169 Å². The molecule has 1 atom stereocenters. The Kier molecular flexibility index (Phi) is 6.31. The van der Waals surface area contributed by atoms with Gasteiger partial charge < -0.3 is 10.1 Å². The van der Waals surface area contributed by atoms with E-state index in [1.165, 1.54) is 4.57 Å². The van der Waals surface area contributed by atoms with Crippen molar-refractivity contribution in [3.05, 3.63) is 52.8 Å². The first kappa shape index (κ1) is 20.6. The van der Waals surface area contributed by atoms with Gasteiger partial charge in [0.1, 0.15) is 11.6 Å². The zero-order chi connectivity index (χ0) is 21.0. The summed E-state index contributed by atoms with van der Waals surface area (Å²) in [6.07, 6.45) is 4.44. The number of nitrogens with one attached hydrogen (secondary N) is 1. The van der Waals surface area contributed by atoms with Gasteiger partial charge in [0.05, 0.1) is 6.61 Å². The van der Waals surface area contributed by atoms with Gasteiger partial charge in [-0.3, -0.25) is 18.6 Å². The number of aromatic nitrogens is 4. The molecule has 0 aliphatic rings. The summed E-state index contributed by atoms with van der Waals surface area (Å²) < 4.78 is 8.67. The van der Waals surface area contributed by atoms with E-state index in [4.69, 9.17) is 4.74 Å². The third-order valence-corrected chi connectivity index (χ3v) is 4.48. The summed E-state index contributed by atoms with van der Waals surface area (Å²) in [7, 11) is 0. The number of fused-ring (bicyclic) bond motifs is 1. The molecule has 2 aromatic heterocycles. The Morgan fingerprint density at radius 3 is 2.52 bits per heavy atom. The summed E-state index contributed by atoms with van der Waals surface area (Å²) in [5.41, 5.74) is 0.736. The molecule has 1 amide bonds. The monoisotopic (exact) mass is 397 g/mol. The third kappa shape index (κ3) is 4.82. The van der Waals surface area contributed by atoms with Gasteiger partial charge in [0, 0.05) is 37.0 Å². The average Bonchev–Trinajstić information content (AvgIpc) is 3.06. The van der Waals surface area contributed by atoms with Crippen molar-refractivity contribution in [2.75, 3.05) is 6.61 Å². The van der Waals surface area contributed by atoms with Crippen molar-refractivity contribution in [1.29, 1.82) is 0 Å². The molecule has 8 nitrogen and oxygen atoms in total. The molecule has 29 heavy (non-hydrogen) atoms. The number of hydrogen-bond donors (Lipinski definition) is 1. The van der Waals surface area contributed by atoms with Crippen molar-refractivity contribution >= 4 is 11.6 Å². The molecular weight excluding hydrogens is 370 g/mol. The largest absolute Gasteiger partial charge is 0.494 e. The molecule has 2 heterocycles.